The van der Waals surface area contributed by atoms with E-state index >= 15 is 0 Å². The summed E-state index contributed by atoms with van der Waals surface area (Å²) in [7, 11) is 1.61. The summed E-state index contributed by atoms with van der Waals surface area (Å²) in [6.07, 6.45) is 8.55. The van der Waals surface area contributed by atoms with Crippen LogP contribution in [0.2, 0.25) is 0 Å². The van der Waals surface area contributed by atoms with Crippen LogP contribution < -0.4 is 5.56 Å². The topological polar surface area (TPSA) is 88.6 Å². The van der Waals surface area contributed by atoms with Crippen LogP contribution in [0.15, 0.2) is 15.5 Å². The van der Waals surface area contributed by atoms with Crippen molar-refractivity contribution in [3.8, 4) is 0 Å². The molecule has 0 unspecified atom stereocenters. The van der Waals surface area contributed by atoms with Gasteiger partial charge in [-0.15, -0.1) is 0 Å². The number of piperazine rings is 1. The molecule has 5 aliphatic rings. The van der Waals surface area contributed by atoms with Gasteiger partial charge in [-0.1, -0.05) is 0 Å². The summed E-state index contributed by atoms with van der Waals surface area (Å²) in [4.78, 5) is 47.5. The Morgan fingerprint density at radius 3 is 2.16 bits per heavy atom. The van der Waals surface area contributed by atoms with Crippen molar-refractivity contribution in [2.75, 3.05) is 26.2 Å². The van der Waals surface area contributed by atoms with E-state index in [0.717, 1.165) is 37.0 Å². The van der Waals surface area contributed by atoms with Crippen LogP contribution in [-0.2, 0) is 11.8 Å². The summed E-state index contributed by atoms with van der Waals surface area (Å²) in [6, 6.07) is 0. The van der Waals surface area contributed by atoms with Gasteiger partial charge >= 0.3 is 0 Å². The Morgan fingerprint density at radius 2 is 1.56 bits per heavy atom. The zero-order valence-electron chi connectivity index (χ0n) is 18.8. The fourth-order valence-electron chi connectivity index (χ4n) is 7.42. The molecule has 0 radical (unpaired) electrons. The molecular formula is C24H30N4O4. The second-order valence-electron chi connectivity index (χ2n) is 10.7. The predicted molar refractivity (Wildman–Crippen MR) is 117 cm³/mol. The Kier molecular flexibility index (Phi) is 4.33. The highest BCUT2D eigenvalue weighted by molar-refractivity contribution is 6.06. The Labute approximate surface area is 186 Å². The molecule has 2 aromatic rings. The molecule has 4 bridgehead atoms. The summed E-state index contributed by atoms with van der Waals surface area (Å²) in [5, 5.41) is 0.240. The van der Waals surface area contributed by atoms with Gasteiger partial charge in [0.05, 0.1) is 11.0 Å². The molecule has 170 valence electrons. The van der Waals surface area contributed by atoms with Crippen LogP contribution in [-0.4, -0.2) is 57.3 Å². The molecule has 0 atom stereocenters. The number of carbonyl (C=O) groups excluding carboxylic acids is 2. The van der Waals surface area contributed by atoms with Crippen molar-refractivity contribution in [3.05, 3.63) is 28.0 Å². The molecule has 3 heterocycles. The Morgan fingerprint density at radius 1 is 1.00 bits per heavy atom. The number of amides is 2. The number of furan rings is 1. The van der Waals surface area contributed by atoms with Crippen molar-refractivity contribution >= 4 is 22.9 Å². The molecule has 2 aromatic heterocycles. The van der Waals surface area contributed by atoms with E-state index in [1.807, 2.05) is 4.90 Å². The number of aromatic nitrogens is 2. The van der Waals surface area contributed by atoms with E-state index in [2.05, 4.69) is 4.98 Å². The van der Waals surface area contributed by atoms with E-state index in [1.165, 1.54) is 30.2 Å². The normalized spacial score (nSPS) is 31.5. The third kappa shape index (κ3) is 2.87. The largest absolute Gasteiger partial charge is 0.442 e. The average Bonchev–Trinajstić information content (AvgIpc) is 3.11. The maximum atomic E-state index is 13.6. The van der Waals surface area contributed by atoms with Gasteiger partial charge in [0, 0.05) is 33.2 Å². The first-order chi connectivity index (χ1) is 15.3. The molecule has 0 spiro atoms. The number of aryl methyl sites for hydroxylation is 2. The maximum absolute atomic E-state index is 13.6. The number of rotatable bonds is 2. The lowest BCUT2D eigenvalue weighted by Crippen LogP contribution is -2.58. The smallest absolute Gasteiger partial charge is 0.265 e. The molecule has 8 nitrogen and oxygen atoms in total. The van der Waals surface area contributed by atoms with Crippen LogP contribution in [0.3, 0.4) is 0 Å². The summed E-state index contributed by atoms with van der Waals surface area (Å²) in [6.45, 7) is 3.75. The van der Waals surface area contributed by atoms with Crippen LogP contribution in [0, 0.1) is 30.1 Å². The Bertz CT molecular complexity index is 1140. The number of carbonyl (C=O) groups is 2. The van der Waals surface area contributed by atoms with Crippen LogP contribution in [0.25, 0.3) is 11.1 Å². The van der Waals surface area contributed by atoms with Gasteiger partial charge in [-0.3, -0.25) is 14.4 Å². The first-order valence-electron chi connectivity index (χ1n) is 11.9. The van der Waals surface area contributed by atoms with Crippen molar-refractivity contribution in [1.29, 1.82) is 0 Å². The molecule has 0 N–H and O–H groups in total. The summed E-state index contributed by atoms with van der Waals surface area (Å²) >= 11 is 0. The van der Waals surface area contributed by atoms with E-state index in [9.17, 15) is 14.4 Å². The third-order valence-corrected chi connectivity index (χ3v) is 8.51. The van der Waals surface area contributed by atoms with Gasteiger partial charge in [-0.2, -0.15) is 0 Å². The maximum Gasteiger partial charge on any atom is 0.265 e. The Balaban J connectivity index is 1.19. The van der Waals surface area contributed by atoms with Crippen molar-refractivity contribution in [2.45, 2.75) is 45.4 Å². The summed E-state index contributed by atoms with van der Waals surface area (Å²) < 4.78 is 6.96. The van der Waals surface area contributed by atoms with Gasteiger partial charge in [-0.25, -0.2) is 4.98 Å². The minimum absolute atomic E-state index is 0.143. The molecule has 8 heteroatoms. The Hall–Kier alpha value is -2.64. The number of hydrogen-bond acceptors (Lipinski definition) is 5. The molecule has 4 saturated carbocycles. The van der Waals surface area contributed by atoms with E-state index in [4.69, 9.17) is 4.42 Å². The van der Waals surface area contributed by atoms with Crippen molar-refractivity contribution in [3.63, 3.8) is 0 Å². The molecule has 1 saturated heterocycles. The second kappa shape index (κ2) is 6.93. The molecule has 2 amide bonds. The SMILES string of the molecule is Cc1oc2ncn(C)c(=O)c2c1C(=O)N1CCN(C(=O)C23CC4CC(CC(C4)C2)C3)CC1. The fourth-order valence-corrected chi connectivity index (χ4v) is 7.42. The molecule has 0 aromatic carbocycles. The van der Waals surface area contributed by atoms with E-state index in [1.54, 1.807) is 18.9 Å². The summed E-state index contributed by atoms with van der Waals surface area (Å²) in [5.41, 5.74) is 0.0702. The highest BCUT2D eigenvalue weighted by Crippen LogP contribution is 2.60. The zero-order valence-corrected chi connectivity index (χ0v) is 18.8. The monoisotopic (exact) mass is 438 g/mol. The standard InChI is InChI=1S/C24H30N4O4/c1-14-18(19-20(32-14)25-13-26(2)21(19)29)22(30)27-3-5-28(6-4-27)23(31)24-10-15-7-16(11-24)9-17(8-15)12-24/h13,15-17H,3-12H2,1-2H3. The van der Waals surface area contributed by atoms with E-state index in [0.29, 0.717) is 43.4 Å². The number of nitrogens with zero attached hydrogens (tertiary/aromatic N) is 4. The molecular weight excluding hydrogens is 408 g/mol. The lowest BCUT2D eigenvalue weighted by atomic mass is 9.49. The average molecular weight is 439 g/mol. The van der Waals surface area contributed by atoms with Crippen LogP contribution in [0.5, 0.6) is 0 Å². The van der Waals surface area contributed by atoms with Crippen molar-refractivity contribution < 1.29 is 14.0 Å². The molecule has 4 aliphatic carbocycles. The van der Waals surface area contributed by atoms with Crippen LogP contribution in [0.1, 0.15) is 54.6 Å². The first kappa shape index (κ1) is 20.0. The van der Waals surface area contributed by atoms with Crippen LogP contribution >= 0.6 is 0 Å². The first-order valence-corrected chi connectivity index (χ1v) is 11.9. The molecule has 1 aliphatic heterocycles. The molecule has 5 fully saturated rings. The quantitative estimate of drug-likeness (QED) is 0.718. The summed E-state index contributed by atoms with van der Waals surface area (Å²) in [5.74, 6) is 2.73. The highest BCUT2D eigenvalue weighted by Gasteiger charge is 2.55. The van der Waals surface area contributed by atoms with E-state index in [-0.39, 0.29) is 28.0 Å². The zero-order chi connectivity index (χ0) is 22.2. The second-order valence-corrected chi connectivity index (χ2v) is 10.7. The van der Waals surface area contributed by atoms with Gasteiger partial charge in [0.1, 0.15) is 17.5 Å². The van der Waals surface area contributed by atoms with Gasteiger partial charge in [-0.05, 0) is 63.2 Å². The number of fused-ring (bicyclic) bond motifs is 1. The van der Waals surface area contributed by atoms with Gasteiger partial charge in [0.15, 0.2) is 0 Å². The molecule has 7 rings (SSSR count). The molecule has 32 heavy (non-hydrogen) atoms. The van der Waals surface area contributed by atoms with Gasteiger partial charge in [0.2, 0.25) is 11.6 Å². The van der Waals surface area contributed by atoms with Gasteiger partial charge < -0.3 is 18.8 Å². The van der Waals surface area contributed by atoms with E-state index < -0.39 is 0 Å². The fraction of sp³-hybridized carbons (Fsp3) is 0.667. The predicted octanol–water partition coefficient (Wildman–Crippen LogP) is 2.34. The third-order valence-electron chi connectivity index (χ3n) is 8.51. The number of hydrogen-bond donors (Lipinski definition) is 0. The highest BCUT2D eigenvalue weighted by atomic mass is 16.3. The lowest BCUT2D eigenvalue weighted by Gasteiger charge is -2.57. The van der Waals surface area contributed by atoms with Crippen molar-refractivity contribution in [2.24, 2.45) is 30.2 Å². The minimum atomic E-state index is -0.286. The lowest BCUT2D eigenvalue weighted by molar-refractivity contribution is -0.159. The van der Waals surface area contributed by atoms with Gasteiger partial charge in [0.25, 0.3) is 11.5 Å². The van der Waals surface area contributed by atoms with Crippen molar-refractivity contribution in [1.82, 2.24) is 19.4 Å². The van der Waals surface area contributed by atoms with Crippen LogP contribution in [0.4, 0.5) is 0 Å². The minimum Gasteiger partial charge on any atom is -0.442 e.